The van der Waals surface area contributed by atoms with Crippen molar-refractivity contribution in [3.05, 3.63) is 46.3 Å². The van der Waals surface area contributed by atoms with Crippen LogP contribution in [0.25, 0.3) is 17.0 Å². The number of carbonyl (C=O) groups excluding carboxylic acids is 1. The van der Waals surface area contributed by atoms with E-state index in [1.807, 2.05) is 18.4 Å². The molecule has 0 saturated carbocycles. The molecule has 0 aliphatic carbocycles. The molecule has 1 aliphatic heterocycles. The lowest BCUT2D eigenvalue weighted by Crippen LogP contribution is -2.24. The van der Waals surface area contributed by atoms with E-state index >= 15 is 0 Å². The minimum atomic E-state index is -0.0260. The zero-order valence-electron chi connectivity index (χ0n) is 13.2. The predicted molar refractivity (Wildman–Crippen MR) is 93.0 cm³/mol. The molecule has 0 spiro atoms. The zero-order valence-corrected chi connectivity index (χ0v) is 14.0. The quantitative estimate of drug-likeness (QED) is 0.577. The summed E-state index contributed by atoms with van der Waals surface area (Å²) in [6.07, 6.45) is 3.44. The average molecular weight is 351 g/mol. The fraction of sp³-hybridized carbons (Fsp3) is 0.188. The van der Waals surface area contributed by atoms with Crippen LogP contribution in [-0.4, -0.2) is 35.6 Å². The first-order chi connectivity index (χ1) is 12.2. The maximum absolute atomic E-state index is 12.3. The van der Waals surface area contributed by atoms with E-state index in [-0.39, 0.29) is 11.8 Å². The number of hydrogen-bond acceptors (Lipinski definition) is 6. The number of aromatic nitrogens is 6. The van der Waals surface area contributed by atoms with Gasteiger partial charge in [0, 0.05) is 22.8 Å². The number of nitrogens with one attached hydrogen (secondary N) is 2. The van der Waals surface area contributed by atoms with Crippen molar-refractivity contribution in [3.63, 3.8) is 0 Å². The van der Waals surface area contributed by atoms with Gasteiger partial charge in [-0.15, -0.1) is 11.3 Å². The minimum Gasteiger partial charge on any atom is -0.340 e. The Morgan fingerprint density at radius 1 is 1.32 bits per heavy atom. The number of imidazole rings is 1. The topological polar surface area (TPSA) is 101 Å². The van der Waals surface area contributed by atoms with Gasteiger partial charge in [-0.3, -0.25) is 4.79 Å². The average Bonchev–Trinajstić information content (AvgIpc) is 3.34. The molecule has 5 heterocycles. The molecule has 0 unspecified atom stereocenters. The number of fused-ring (bicyclic) bond motifs is 2. The van der Waals surface area contributed by atoms with Crippen LogP contribution >= 0.6 is 11.3 Å². The van der Waals surface area contributed by atoms with E-state index in [1.54, 1.807) is 22.3 Å². The molecule has 4 aromatic heterocycles. The Labute approximate surface area is 146 Å². The number of nitrogens with zero attached hydrogens (tertiary/aromatic N) is 5. The first-order valence-corrected chi connectivity index (χ1v) is 8.67. The molecular weight excluding hydrogens is 338 g/mol. The van der Waals surface area contributed by atoms with Crippen LogP contribution in [0.4, 0.5) is 5.82 Å². The van der Waals surface area contributed by atoms with Gasteiger partial charge in [-0.05, 0) is 18.4 Å². The van der Waals surface area contributed by atoms with Crippen molar-refractivity contribution in [2.24, 2.45) is 0 Å². The minimum absolute atomic E-state index is 0.0107. The highest BCUT2D eigenvalue weighted by atomic mass is 32.1. The molecule has 1 amide bonds. The smallest absolute Gasteiger partial charge is 0.226 e. The SMILES string of the molecule is Cc1nn(-c2ncnc3nc[nH]c23)c2c1[C@@H](c1cccs1)CC(=O)N2. The van der Waals surface area contributed by atoms with Gasteiger partial charge in [0.1, 0.15) is 17.7 Å². The Hall–Kier alpha value is -3.07. The normalized spacial score (nSPS) is 16.8. The number of aryl methyl sites for hydroxylation is 1. The van der Waals surface area contributed by atoms with Crippen LogP contribution in [0.2, 0.25) is 0 Å². The highest BCUT2D eigenvalue weighted by Gasteiger charge is 2.33. The zero-order chi connectivity index (χ0) is 17.0. The molecule has 4 aromatic rings. The lowest BCUT2D eigenvalue weighted by atomic mass is 9.91. The van der Waals surface area contributed by atoms with Gasteiger partial charge in [-0.25, -0.2) is 15.0 Å². The molecule has 0 aromatic carbocycles. The van der Waals surface area contributed by atoms with Crippen molar-refractivity contribution in [1.29, 1.82) is 0 Å². The summed E-state index contributed by atoms with van der Waals surface area (Å²) in [4.78, 5) is 29.2. The van der Waals surface area contributed by atoms with Crippen LogP contribution in [0.3, 0.4) is 0 Å². The van der Waals surface area contributed by atoms with Gasteiger partial charge in [-0.2, -0.15) is 9.78 Å². The third kappa shape index (κ3) is 2.09. The summed E-state index contributed by atoms with van der Waals surface area (Å²) in [7, 11) is 0. The van der Waals surface area contributed by atoms with E-state index in [1.165, 1.54) is 6.33 Å². The third-order valence-corrected chi connectivity index (χ3v) is 5.38. The van der Waals surface area contributed by atoms with Crippen LogP contribution < -0.4 is 5.32 Å². The van der Waals surface area contributed by atoms with Gasteiger partial charge < -0.3 is 10.3 Å². The van der Waals surface area contributed by atoms with Gasteiger partial charge in [-0.1, -0.05) is 6.07 Å². The van der Waals surface area contributed by atoms with Crippen LogP contribution in [0.15, 0.2) is 30.2 Å². The highest BCUT2D eigenvalue weighted by Crippen LogP contribution is 2.41. The van der Waals surface area contributed by atoms with Gasteiger partial charge in [0.2, 0.25) is 5.91 Å². The molecule has 25 heavy (non-hydrogen) atoms. The van der Waals surface area contributed by atoms with Crippen molar-refractivity contribution in [2.45, 2.75) is 19.3 Å². The Balaban J connectivity index is 1.75. The van der Waals surface area contributed by atoms with Crippen LogP contribution in [0.1, 0.15) is 28.5 Å². The summed E-state index contributed by atoms with van der Waals surface area (Å²) in [6, 6.07) is 4.07. The first-order valence-electron chi connectivity index (χ1n) is 7.79. The van der Waals surface area contributed by atoms with Crippen molar-refractivity contribution in [1.82, 2.24) is 29.7 Å². The van der Waals surface area contributed by atoms with E-state index in [4.69, 9.17) is 0 Å². The highest BCUT2D eigenvalue weighted by molar-refractivity contribution is 7.10. The lowest BCUT2D eigenvalue weighted by Gasteiger charge is -2.23. The molecule has 2 N–H and O–H groups in total. The predicted octanol–water partition coefficient (Wildman–Crippen LogP) is 2.38. The van der Waals surface area contributed by atoms with Crippen molar-refractivity contribution < 1.29 is 4.79 Å². The van der Waals surface area contributed by atoms with Crippen LogP contribution in [0, 0.1) is 6.92 Å². The van der Waals surface area contributed by atoms with Crippen molar-refractivity contribution in [2.75, 3.05) is 5.32 Å². The summed E-state index contributed by atoms with van der Waals surface area (Å²) in [6.45, 7) is 1.96. The molecule has 9 heteroatoms. The van der Waals surface area contributed by atoms with E-state index < -0.39 is 0 Å². The van der Waals surface area contributed by atoms with Gasteiger partial charge in [0.15, 0.2) is 11.5 Å². The van der Waals surface area contributed by atoms with Crippen LogP contribution in [0.5, 0.6) is 0 Å². The standard InChI is InChI=1S/C16H13N7OS/c1-8-12-9(10-3-2-4-25-10)5-11(24)21-15(12)23(22-8)16-13-14(18-6-17-13)19-7-20-16/h2-4,6-7,9H,5H2,1H3,(H,21,24)(H,17,18,19,20)/t9-/m1/s1. The first kappa shape index (κ1) is 14.3. The largest absolute Gasteiger partial charge is 0.340 e. The van der Waals surface area contributed by atoms with Gasteiger partial charge >= 0.3 is 0 Å². The summed E-state index contributed by atoms with van der Waals surface area (Å²) >= 11 is 1.65. The number of rotatable bonds is 2. The molecular formula is C16H13N7OS. The molecule has 124 valence electrons. The molecule has 0 bridgehead atoms. The number of thiophene rings is 1. The summed E-state index contributed by atoms with van der Waals surface area (Å²) in [5.41, 5.74) is 3.15. The van der Waals surface area contributed by atoms with Crippen LogP contribution in [-0.2, 0) is 4.79 Å². The third-order valence-electron chi connectivity index (χ3n) is 4.39. The molecule has 1 aliphatic rings. The van der Waals surface area contributed by atoms with E-state index in [9.17, 15) is 4.79 Å². The number of hydrogen-bond donors (Lipinski definition) is 2. The molecule has 5 rings (SSSR count). The second-order valence-corrected chi connectivity index (χ2v) is 6.86. The Kier molecular flexibility index (Phi) is 2.98. The molecule has 0 radical (unpaired) electrons. The van der Waals surface area contributed by atoms with E-state index in [0.717, 1.165) is 16.1 Å². The number of aromatic amines is 1. The fourth-order valence-corrected chi connectivity index (χ4v) is 4.18. The maximum Gasteiger partial charge on any atom is 0.226 e. The summed E-state index contributed by atoms with van der Waals surface area (Å²) in [5, 5.41) is 9.65. The molecule has 1 atom stereocenters. The number of H-pyrrole nitrogens is 1. The summed E-state index contributed by atoms with van der Waals surface area (Å²) < 4.78 is 1.67. The fourth-order valence-electron chi connectivity index (χ4n) is 3.35. The molecule has 0 saturated heterocycles. The Morgan fingerprint density at radius 2 is 2.24 bits per heavy atom. The number of anilines is 1. The van der Waals surface area contributed by atoms with E-state index in [2.05, 4.69) is 36.4 Å². The monoisotopic (exact) mass is 351 g/mol. The van der Waals surface area contributed by atoms with Crippen molar-refractivity contribution in [3.8, 4) is 5.82 Å². The van der Waals surface area contributed by atoms with E-state index in [0.29, 0.717) is 29.2 Å². The van der Waals surface area contributed by atoms with Gasteiger partial charge in [0.25, 0.3) is 0 Å². The van der Waals surface area contributed by atoms with Crippen molar-refractivity contribution >= 4 is 34.2 Å². The van der Waals surface area contributed by atoms with Gasteiger partial charge in [0.05, 0.1) is 12.0 Å². The second kappa shape index (κ2) is 5.21. The molecule has 8 nitrogen and oxygen atoms in total. The number of carbonyl (C=O) groups is 1. The Bertz CT molecular complexity index is 1100. The lowest BCUT2D eigenvalue weighted by molar-refractivity contribution is -0.116. The summed E-state index contributed by atoms with van der Waals surface area (Å²) in [5.74, 6) is 1.22. The number of amides is 1. The maximum atomic E-state index is 12.3. The Morgan fingerprint density at radius 3 is 3.08 bits per heavy atom. The second-order valence-electron chi connectivity index (χ2n) is 5.88. The molecule has 0 fully saturated rings.